The number of carbonyl (C=O) groups excluding carboxylic acids is 2. The minimum Gasteiger partial charge on any atom is -0.459 e. The van der Waals surface area contributed by atoms with Gasteiger partial charge in [0.1, 0.15) is 11.6 Å². The van der Waals surface area contributed by atoms with E-state index in [0.29, 0.717) is 12.6 Å². The van der Waals surface area contributed by atoms with Gasteiger partial charge in [-0.3, -0.25) is 14.5 Å². The summed E-state index contributed by atoms with van der Waals surface area (Å²) in [5, 5.41) is 0. The van der Waals surface area contributed by atoms with Gasteiger partial charge in [-0.2, -0.15) is 0 Å². The first kappa shape index (κ1) is 16.3. The highest BCUT2D eigenvalue weighted by molar-refractivity contribution is 5.81. The molecule has 1 aliphatic carbocycles. The number of nitrogens with zero attached hydrogens (tertiary/aromatic N) is 2. The maximum atomic E-state index is 12.4. The van der Waals surface area contributed by atoms with Crippen molar-refractivity contribution in [1.29, 1.82) is 0 Å². The van der Waals surface area contributed by atoms with Crippen LogP contribution in [0.4, 0.5) is 0 Å². The number of rotatable bonds is 5. The van der Waals surface area contributed by atoms with Crippen molar-refractivity contribution >= 4 is 11.9 Å². The molecule has 1 heterocycles. The molecule has 0 N–H and O–H groups in total. The zero-order valence-electron chi connectivity index (χ0n) is 13.7. The molecule has 0 aromatic heterocycles. The van der Waals surface area contributed by atoms with Crippen molar-refractivity contribution in [3.8, 4) is 0 Å². The van der Waals surface area contributed by atoms with E-state index in [9.17, 15) is 9.59 Å². The quantitative estimate of drug-likeness (QED) is 0.726. The Morgan fingerprint density at radius 2 is 1.90 bits per heavy atom. The number of ether oxygens (including phenoxy) is 1. The van der Waals surface area contributed by atoms with Crippen molar-refractivity contribution < 1.29 is 14.3 Å². The summed E-state index contributed by atoms with van der Waals surface area (Å²) in [6.45, 7) is 9.55. The molecule has 2 aliphatic rings. The van der Waals surface area contributed by atoms with Gasteiger partial charge >= 0.3 is 5.97 Å². The highest BCUT2D eigenvalue weighted by atomic mass is 16.6. The molecule has 5 nitrogen and oxygen atoms in total. The molecule has 0 aromatic carbocycles. The molecule has 0 radical (unpaired) electrons. The summed E-state index contributed by atoms with van der Waals surface area (Å²) in [6.07, 6.45) is 3.98. The number of amides is 1. The Morgan fingerprint density at radius 1 is 1.24 bits per heavy atom. The molecule has 1 atom stereocenters. The van der Waals surface area contributed by atoms with Crippen LogP contribution in [0.25, 0.3) is 0 Å². The average Bonchev–Trinajstić information content (AvgIpc) is 3.07. The maximum absolute atomic E-state index is 12.4. The molecule has 2 rings (SSSR count). The molecule has 0 spiro atoms. The Morgan fingerprint density at radius 3 is 2.43 bits per heavy atom. The zero-order chi connectivity index (χ0) is 15.6. The smallest absolute Gasteiger partial charge is 0.323 e. The Labute approximate surface area is 127 Å². The van der Waals surface area contributed by atoms with Crippen LogP contribution in [0.2, 0.25) is 0 Å². The van der Waals surface area contributed by atoms with Crippen molar-refractivity contribution in [2.75, 3.05) is 19.6 Å². The van der Waals surface area contributed by atoms with Crippen molar-refractivity contribution in [2.45, 2.75) is 71.1 Å². The average molecular weight is 296 g/mol. The van der Waals surface area contributed by atoms with E-state index < -0.39 is 5.60 Å². The molecule has 1 amide bonds. The van der Waals surface area contributed by atoms with Crippen LogP contribution in [-0.4, -0.2) is 59.0 Å². The molecule has 0 unspecified atom stereocenters. The van der Waals surface area contributed by atoms with Crippen molar-refractivity contribution in [2.24, 2.45) is 0 Å². The van der Waals surface area contributed by atoms with Gasteiger partial charge in [0.2, 0.25) is 5.91 Å². The van der Waals surface area contributed by atoms with Gasteiger partial charge in [0.05, 0.1) is 6.54 Å². The Bertz CT molecular complexity index is 399. The monoisotopic (exact) mass is 296 g/mol. The normalized spacial score (nSPS) is 23.1. The van der Waals surface area contributed by atoms with E-state index in [1.54, 1.807) is 0 Å². The first-order chi connectivity index (χ1) is 9.81. The standard InChI is InChI=1S/C16H28N2O3/c1-5-18(12-8-9-12)14(19)11-17-10-6-7-13(17)15(20)21-16(2,3)4/h12-13H,5-11H2,1-4H3/t13-/m1/s1. The molecule has 2 fully saturated rings. The third-order valence-corrected chi connectivity index (χ3v) is 4.03. The van der Waals surface area contributed by atoms with Crippen molar-refractivity contribution in [3.05, 3.63) is 0 Å². The minimum atomic E-state index is -0.473. The number of hydrogen-bond donors (Lipinski definition) is 0. The fraction of sp³-hybridized carbons (Fsp3) is 0.875. The third-order valence-electron chi connectivity index (χ3n) is 4.03. The summed E-state index contributed by atoms with van der Waals surface area (Å²) in [4.78, 5) is 28.6. The van der Waals surface area contributed by atoms with Gasteiger partial charge in [-0.1, -0.05) is 0 Å². The van der Waals surface area contributed by atoms with Crippen LogP contribution in [0.15, 0.2) is 0 Å². The SMILES string of the molecule is CCN(C(=O)CN1CCC[C@@H]1C(=O)OC(C)(C)C)C1CC1. The lowest BCUT2D eigenvalue weighted by Gasteiger charge is -2.29. The second-order valence-electron chi connectivity index (χ2n) is 7.07. The molecule has 0 aromatic rings. The molecule has 0 bridgehead atoms. The number of likely N-dealkylation sites (N-methyl/N-ethyl adjacent to an activating group) is 1. The van der Waals surface area contributed by atoms with E-state index in [-0.39, 0.29) is 17.9 Å². The van der Waals surface area contributed by atoms with Crippen LogP contribution in [0.1, 0.15) is 53.4 Å². The van der Waals surface area contributed by atoms with Crippen LogP contribution in [-0.2, 0) is 14.3 Å². The minimum absolute atomic E-state index is 0.149. The van der Waals surface area contributed by atoms with Crippen LogP contribution in [0, 0.1) is 0 Å². The van der Waals surface area contributed by atoms with E-state index in [1.165, 1.54) is 0 Å². The largest absolute Gasteiger partial charge is 0.459 e. The van der Waals surface area contributed by atoms with Gasteiger partial charge in [-0.25, -0.2) is 0 Å². The fourth-order valence-electron chi connectivity index (χ4n) is 2.94. The van der Waals surface area contributed by atoms with Gasteiger partial charge < -0.3 is 9.64 Å². The van der Waals surface area contributed by atoms with E-state index in [0.717, 1.165) is 38.8 Å². The van der Waals surface area contributed by atoms with Crippen LogP contribution >= 0.6 is 0 Å². The molecule has 5 heteroatoms. The van der Waals surface area contributed by atoms with E-state index >= 15 is 0 Å². The van der Waals surface area contributed by atoms with Gasteiger partial charge in [-0.05, 0) is 59.9 Å². The molecule has 1 aliphatic heterocycles. The van der Waals surface area contributed by atoms with Crippen LogP contribution in [0.3, 0.4) is 0 Å². The molecule has 1 saturated carbocycles. The predicted octanol–water partition coefficient (Wildman–Crippen LogP) is 1.80. The first-order valence-electron chi connectivity index (χ1n) is 8.08. The Hall–Kier alpha value is -1.10. The van der Waals surface area contributed by atoms with Gasteiger partial charge in [0, 0.05) is 12.6 Å². The Balaban J connectivity index is 1.92. The number of carbonyl (C=O) groups is 2. The number of esters is 1. The zero-order valence-corrected chi connectivity index (χ0v) is 13.7. The summed E-state index contributed by atoms with van der Waals surface area (Å²) in [6, 6.07) is 0.177. The topological polar surface area (TPSA) is 49.9 Å². The first-order valence-corrected chi connectivity index (χ1v) is 8.08. The molecule has 21 heavy (non-hydrogen) atoms. The Kier molecular flexibility index (Phi) is 4.91. The van der Waals surface area contributed by atoms with Crippen molar-refractivity contribution in [1.82, 2.24) is 9.80 Å². The number of hydrogen-bond acceptors (Lipinski definition) is 4. The van der Waals surface area contributed by atoms with Crippen LogP contribution in [0.5, 0.6) is 0 Å². The van der Waals surface area contributed by atoms with Crippen LogP contribution < -0.4 is 0 Å². The summed E-state index contributed by atoms with van der Waals surface area (Å²) in [7, 11) is 0. The van der Waals surface area contributed by atoms with Gasteiger partial charge in [0.25, 0.3) is 0 Å². The highest BCUT2D eigenvalue weighted by Gasteiger charge is 2.37. The second-order valence-corrected chi connectivity index (χ2v) is 7.07. The lowest BCUT2D eigenvalue weighted by atomic mass is 10.1. The molecular formula is C16H28N2O3. The summed E-state index contributed by atoms with van der Waals surface area (Å²) < 4.78 is 5.47. The molecule has 1 saturated heterocycles. The predicted molar refractivity (Wildman–Crippen MR) is 80.8 cm³/mol. The van der Waals surface area contributed by atoms with E-state index in [4.69, 9.17) is 4.74 Å². The van der Waals surface area contributed by atoms with E-state index in [1.807, 2.05) is 37.5 Å². The number of likely N-dealkylation sites (tertiary alicyclic amines) is 1. The molecular weight excluding hydrogens is 268 g/mol. The van der Waals surface area contributed by atoms with Gasteiger partial charge in [0.15, 0.2) is 0 Å². The van der Waals surface area contributed by atoms with Gasteiger partial charge in [-0.15, -0.1) is 0 Å². The third kappa shape index (κ3) is 4.43. The second kappa shape index (κ2) is 6.34. The van der Waals surface area contributed by atoms with Crippen molar-refractivity contribution in [3.63, 3.8) is 0 Å². The summed E-state index contributed by atoms with van der Waals surface area (Å²) in [5.41, 5.74) is -0.473. The lowest BCUT2D eigenvalue weighted by Crippen LogP contribution is -2.46. The summed E-state index contributed by atoms with van der Waals surface area (Å²) in [5.74, 6) is -0.0438. The highest BCUT2D eigenvalue weighted by Crippen LogP contribution is 2.27. The maximum Gasteiger partial charge on any atom is 0.323 e. The fourth-order valence-corrected chi connectivity index (χ4v) is 2.94. The lowest BCUT2D eigenvalue weighted by molar-refractivity contribution is -0.160. The van der Waals surface area contributed by atoms with E-state index in [2.05, 4.69) is 0 Å². The summed E-state index contributed by atoms with van der Waals surface area (Å²) >= 11 is 0. The molecule has 120 valence electrons.